The quantitative estimate of drug-likeness (QED) is 0.706. The van der Waals surface area contributed by atoms with E-state index < -0.39 is 0 Å². The van der Waals surface area contributed by atoms with Crippen LogP contribution in [-0.2, 0) is 0 Å². The molecule has 0 amide bonds. The lowest BCUT2D eigenvalue weighted by Crippen LogP contribution is -1.94. The van der Waals surface area contributed by atoms with Gasteiger partial charge in [0.25, 0.3) is 0 Å². The van der Waals surface area contributed by atoms with E-state index in [1.807, 2.05) is 24.3 Å². The van der Waals surface area contributed by atoms with Gasteiger partial charge in [0.2, 0.25) is 0 Å². The fraction of sp³-hybridized carbons (Fsp3) is 0.0625. The van der Waals surface area contributed by atoms with E-state index in [-0.39, 0.29) is 5.75 Å². The second-order valence-electron chi connectivity index (χ2n) is 4.53. The number of halogens is 1. The van der Waals surface area contributed by atoms with Crippen molar-refractivity contribution in [2.75, 3.05) is 12.4 Å². The number of phenolic OH excluding ortho intramolecular Hbond substituents is 1. The molecule has 5 heteroatoms. The number of hydrogen-bond donors (Lipinski definition) is 2. The predicted molar refractivity (Wildman–Crippen MR) is 84.7 cm³/mol. The van der Waals surface area contributed by atoms with Crippen molar-refractivity contribution in [1.82, 2.24) is 4.98 Å². The summed E-state index contributed by atoms with van der Waals surface area (Å²) >= 11 is 6.12. The second kappa shape index (κ2) is 5.50. The van der Waals surface area contributed by atoms with Crippen molar-refractivity contribution in [3.63, 3.8) is 0 Å². The number of pyridine rings is 1. The zero-order valence-corrected chi connectivity index (χ0v) is 12.1. The normalized spacial score (nSPS) is 10.6. The molecular formula is C16H13ClN2O2. The van der Waals surface area contributed by atoms with E-state index in [1.165, 1.54) is 6.07 Å². The summed E-state index contributed by atoms with van der Waals surface area (Å²) in [6, 6.07) is 12.4. The van der Waals surface area contributed by atoms with Crippen LogP contribution in [0, 0.1) is 0 Å². The minimum Gasteiger partial charge on any atom is -0.508 e. The zero-order valence-electron chi connectivity index (χ0n) is 11.3. The molecule has 0 saturated heterocycles. The van der Waals surface area contributed by atoms with Crippen LogP contribution in [0.1, 0.15) is 0 Å². The summed E-state index contributed by atoms with van der Waals surface area (Å²) in [7, 11) is 1.62. The van der Waals surface area contributed by atoms with E-state index in [2.05, 4.69) is 10.3 Å². The lowest BCUT2D eigenvalue weighted by molar-refractivity contribution is 0.415. The van der Waals surface area contributed by atoms with E-state index in [0.29, 0.717) is 5.02 Å². The number of aromatic nitrogens is 1. The van der Waals surface area contributed by atoms with Crippen LogP contribution in [0.3, 0.4) is 0 Å². The lowest BCUT2D eigenvalue weighted by atomic mass is 10.1. The number of nitrogens with zero attached hydrogens (tertiary/aromatic N) is 1. The molecule has 2 N–H and O–H groups in total. The molecule has 1 aromatic heterocycles. The van der Waals surface area contributed by atoms with Gasteiger partial charge in [-0.2, -0.15) is 0 Å². The third-order valence-corrected chi connectivity index (χ3v) is 3.48. The van der Waals surface area contributed by atoms with Crippen molar-refractivity contribution in [1.29, 1.82) is 0 Å². The van der Waals surface area contributed by atoms with Crippen LogP contribution in [-0.4, -0.2) is 17.2 Å². The van der Waals surface area contributed by atoms with Crippen molar-refractivity contribution in [2.45, 2.75) is 0 Å². The first kappa shape index (κ1) is 13.5. The van der Waals surface area contributed by atoms with Crippen LogP contribution >= 0.6 is 11.6 Å². The number of nitrogens with one attached hydrogen (secondary N) is 1. The van der Waals surface area contributed by atoms with Gasteiger partial charge in [0.05, 0.1) is 23.3 Å². The van der Waals surface area contributed by atoms with Gasteiger partial charge in [-0.25, -0.2) is 0 Å². The van der Waals surface area contributed by atoms with Crippen molar-refractivity contribution in [2.24, 2.45) is 0 Å². The first-order chi connectivity index (χ1) is 10.2. The molecule has 4 nitrogen and oxygen atoms in total. The maximum atomic E-state index is 9.40. The number of benzene rings is 2. The second-order valence-corrected chi connectivity index (χ2v) is 4.94. The number of methoxy groups -OCH3 is 1. The third kappa shape index (κ3) is 2.71. The number of phenols is 1. The maximum Gasteiger partial charge on any atom is 0.121 e. The predicted octanol–water partition coefficient (Wildman–Crippen LogP) is 4.35. The molecule has 0 unspecified atom stereocenters. The van der Waals surface area contributed by atoms with E-state index in [0.717, 1.165) is 28.0 Å². The van der Waals surface area contributed by atoms with E-state index in [9.17, 15) is 5.11 Å². The van der Waals surface area contributed by atoms with Gasteiger partial charge in [0.15, 0.2) is 0 Å². The zero-order chi connectivity index (χ0) is 14.8. The van der Waals surface area contributed by atoms with Gasteiger partial charge in [0, 0.05) is 29.4 Å². The van der Waals surface area contributed by atoms with Crippen LogP contribution in [0.15, 0.2) is 48.7 Å². The molecule has 0 fully saturated rings. The van der Waals surface area contributed by atoms with Crippen LogP contribution in [0.4, 0.5) is 11.4 Å². The maximum absolute atomic E-state index is 9.40. The summed E-state index contributed by atoms with van der Waals surface area (Å²) in [6.45, 7) is 0. The molecule has 21 heavy (non-hydrogen) atoms. The standard InChI is InChI=1S/C16H13ClN2O2/c1-21-11-3-4-12-14(6-7-18-16(12)9-11)19-15-5-2-10(20)8-13(15)17/h2-9,20H,1H3,(H,18,19). The molecular weight excluding hydrogens is 288 g/mol. The largest absolute Gasteiger partial charge is 0.508 e. The van der Waals surface area contributed by atoms with Gasteiger partial charge in [-0.3, -0.25) is 4.98 Å². The molecule has 0 atom stereocenters. The summed E-state index contributed by atoms with van der Waals surface area (Å²) in [5.74, 6) is 0.893. The van der Waals surface area contributed by atoms with Crippen molar-refractivity contribution in [3.8, 4) is 11.5 Å². The number of fused-ring (bicyclic) bond motifs is 1. The Hall–Kier alpha value is -2.46. The molecule has 2 aromatic carbocycles. The monoisotopic (exact) mass is 300 g/mol. The van der Waals surface area contributed by atoms with Gasteiger partial charge in [-0.05, 0) is 30.3 Å². The van der Waals surface area contributed by atoms with Gasteiger partial charge >= 0.3 is 0 Å². The Morgan fingerprint density at radius 2 is 1.95 bits per heavy atom. The lowest BCUT2D eigenvalue weighted by Gasteiger charge is -2.11. The molecule has 3 rings (SSSR count). The topological polar surface area (TPSA) is 54.4 Å². The summed E-state index contributed by atoms with van der Waals surface area (Å²) in [6.07, 6.45) is 1.72. The number of aromatic hydroxyl groups is 1. The molecule has 3 aromatic rings. The molecule has 0 aliphatic carbocycles. The van der Waals surface area contributed by atoms with E-state index in [4.69, 9.17) is 16.3 Å². The van der Waals surface area contributed by atoms with Gasteiger partial charge in [-0.1, -0.05) is 11.6 Å². The number of hydrogen-bond acceptors (Lipinski definition) is 4. The van der Waals surface area contributed by atoms with Crippen LogP contribution in [0.5, 0.6) is 11.5 Å². The Kier molecular flexibility index (Phi) is 3.54. The Balaban J connectivity index is 2.04. The molecule has 106 valence electrons. The molecule has 0 spiro atoms. The van der Waals surface area contributed by atoms with Gasteiger partial charge in [0.1, 0.15) is 11.5 Å². The SMILES string of the molecule is COc1ccc2c(Nc3ccc(O)cc3Cl)ccnc2c1. The highest BCUT2D eigenvalue weighted by Crippen LogP contribution is 2.32. The number of ether oxygens (including phenoxy) is 1. The molecule has 1 heterocycles. The Morgan fingerprint density at radius 3 is 2.71 bits per heavy atom. The molecule has 0 aliphatic rings. The number of rotatable bonds is 3. The fourth-order valence-corrected chi connectivity index (χ4v) is 2.34. The summed E-state index contributed by atoms with van der Waals surface area (Å²) in [5, 5.41) is 14.1. The Morgan fingerprint density at radius 1 is 1.10 bits per heavy atom. The van der Waals surface area contributed by atoms with Crippen LogP contribution in [0.25, 0.3) is 10.9 Å². The summed E-state index contributed by atoms with van der Waals surface area (Å²) in [5.41, 5.74) is 2.43. The third-order valence-electron chi connectivity index (χ3n) is 3.17. The minimum absolute atomic E-state index is 0.134. The minimum atomic E-state index is 0.134. The molecule has 0 radical (unpaired) electrons. The van der Waals surface area contributed by atoms with E-state index in [1.54, 1.807) is 25.4 Å². The first-order valence-electron chi connectivity index (χ1n) is 6.35. The van der Waals surface area contributed by atoms with Crippen molar-refractivity contribution in [3.05, 3.63) is 53.7 Å². The van der Waals surface area contributed by atoms with Crippen LogP contribution in [0.2, 0.25) is 5.02 Å². The average Bonchev–Trinajstić information content (AvgIpc) is 2.49. The van der Waals surface area contributed by atoms with Crippen molar-refractivity contribution >= 4 is 33.9 Å². The summed E-state index contributed by atoms with van der Waals surface area (Å²) in [4.78, 5) is 4.34. The van der Waals surface area contributed by atoms with Gasteiger partial charge in [-0.15, -0.1) is 0 Å². The molecule has 0 aliphatic heterocycles. The number of anilines is 2. The fourth-order valence-electron chi connectivity index (χ4n) is 2.11. The average molecular weight is 301 g/mol. The van der Waals surface area contributed by atoms with Gasteiger partial charge < -0.3 is 15.2 Å². The van der Waals surface area contributed by atoms with Crippen LogP contribution < -0.4 is 10.1 Å². The molecule has 0 bridgehead atoms. The highest BCUT2D eigenvalue weighted by atomic mass is 35.5. The Bertz CT molecular complexity index is 805. The summed E-state index contributed by atoms with van der Waals surface area (Å²) < 4.78 is 5.20. The van der Waals surface area contributed by atoms with Crippen molar-refractivity contribution < 1.29 is 9.84 Å². The first-order valence-corrected chi connectivity index (χ1v) is 6.73. The molecule has 0 saturated carbocycles. The Labute approximate surface area is 127 Å². The highest BCUT2D eigenvalue weighted by Gasteiger charge is 2.06. The smallest absolute Gasteiger partial charge is 0.121 e. The van der Waals surface area contributed by atoms with E-state index >= 15 is 0 Å². The highest BCUT2D eigenvalue weighted by molar-refractivity contribution is 6.33.